The van der Waals surface area contributed by atoms with Crippen LogP contribution in [0.3, 0.4) is 0 Å². The molecule has 1 rings (SSSR count). The van der Waals surface area contributed by atoms with Crippen LogP contribution in [0.25, 0.3) is 0 Å². The highest BCUT2D eigenvalue weighted by Crippen LogP contribution is 2.28. The van der Waals surface area contributed by atoms with Crippen molar-refractivity contribution in [1.82, 2.24) is 0 Å². The van der Waals surface area contributed by atoms with Crippen LogP contribution in [0.5, 0.6) is 0 Å². The van der Waals surface area contributed by atoms with Crippen molar-refractivity contribution >= 4 is 0 Å². The Bertz CT molecular complexity index is 327. The van der Waals surface area contributed by atoms with E-state index in [9.17, 15) is 0 Å². The molecular weight excluding hydrogens is 188 g/mol. The topological polar surface area (TPSA) is 18.5 Å². The Morgan fingerprint density at radius 2 is 1.87 bits per heavy atom. The van der Waals surface area contributed by atoms with Crippen molar-refractivity contribution in [1.29, 1.82) is 0 Å². The van der Waals surface area contributed by atoms with E-state index in [0.29, 0.717) is 0 Å². The molecule has 0 amide bonds. The molecule has 0 saturated heterocycles. The zero-order valence-corrected chi connectivity index (χ0v) is 9.62. The highest BCUT2D eigenvalue weighted by molar-refractivity contribution is 5.32. The van der Waals surface area contributed by atoms with Crippen LogP contribution in [0, 0.1) is 0 Å². The lowest BCUT2D eigenvalue weighted by atomic mass is 9.98. The van der Waals surface area contributed by atoms with Crippen LogP contribution < -0.4 is 0 Å². The first kappa shape index (κ1) is 12.0. The maximum Gasteiger partial charge on any atom is 0.191 e. The van der Waals surface area contributed by atoms with Gasteiger partial charge in [0.05, 0.1) is 0 Å². The largest absolute Gasteiger partial charge is 0.349 e. The lowest BCUT2D eigenvalue weighted by Gasteiger charge is -2.28. The fraction of sp³-hybridized carbons (Fsp3) is 0.385. The van der Waals surface area contributed by atoms with Gasteiger partial charge >= 0.3 is 0 Å². The first-order chi connectivity index (χ1) is 7.18. The third kappa shape index (κ3) is 2.46. The normalized spacial score (nSPS) is 11.4. The third-order valence-electron chi connectivity index (χ3n) is 2.65. The van der Waals surface area contributed by atoms with E-state index in [-0.39, 0.29) is 0 Å². The Kier molecular flexibility index (Phi) is 4.06. The summed E-state index contributed by atoms with van der Waals surface area (Å²) in [4.78, 5) is 0. The summed E-state index contributed by atoms with van der Waals surface area (Å²) in [6.07, 6.45) is 2.70. The molecule has 0 aliphatic heterocycles. The van der Waals surface area contributed by atoms with E-state index < -0.39 is 5.79 Å². The molecule has 0 heterocycles. The first-order valence-corrected chi connectivity index (χ1v) is 4.97. The number of benzene rings is 1. The number of hydrogen-bond donors (Lipinski definition) is 0. The Balaban J connectivity index is 3.16. The van der Waals surface area contributed by atoms with Crippen LogP contribution in [-0.4, -0.2) is 14.2 Å². The van der Waals surface area contributed by atoms with E-state index in [4.69, 9.17) is 9.47 Å². The van der Waals surface area contributed by atoms with E-state index in [1.165, 1.54) is 5.56 Å². The van der Waals surface area contributed by atoms with Crippen molar-refractivity contribution in [2.45, 2.75) is 19.1 Å². The van der Waals surface area contributed by atoms with Crippen LogP contribution in [-0.2, 0) is 21.7 Å². The second-order valence-electron chi connectivity index (χ2n) is 3.50. The molecule has 0 aliphatic rings. The van der Waals surface area contributed by atoms with Crippen LogP contribution in [0.2, 0.25) is 0 Å². The quantitative estimate of drug-likeness (QED) is 0.545. The molecule has 15 heavy (non-hydrogen) atoms. The summed E-state index contributed by atoms with van der Waals surface area (Å²) >= 11 is 0. The second kappa shape index (κ2) is 5.10. The Hall–Kier alpha value is -1.12. The van der Waals surface area contributed by atoms with E-state index in [0.717, 1.165) is 12.0 Å². The van der Waals surface area contributed by atoms with Gasteiger partial charge in [-0.25, -0.2) is 0 Å². The SMILES string of the molecule is C=CCc1ccccc1C(C)(OC)OC. The molecule has 0 unspecified atom stereocenters. The van der Waals surface area contributed by atoms with Crippen molar-refractivity contribution < 1.29 is 9.47 Å². The van der Waals surface area contributed by atoms with Crippen molar-refractivity contribution in [3.63, 3.8) is 0 Å². The van der Waals surface area contributed by atoms with E-state index in [1.807, 2.05) is 31.2 Å². The molecule has 2 nitrogen and oxygen atoms in total. The van der Waals surface area contributed by atoms with Gasteiger partial charge in [-0.2, -0.15) is 0 Å². The summed E-state index contributed by atoms with van der Waals surface area (Å²) < 4.78 is 10.8. The molecule has 2 heteroatoms. The maximum absolute atomic E-state index is 5.40. The minimum Gasteiger partial charge on any atom is -0.349 e. The number of methoxy groups -OCH3 is 2. The van der Waals surface area contributed by atoms with Gasteiger partial charge in [-0.3, -0.25) is 0 Å². The second-order valence-corrected chi connectivity index (χ2v) is 3.50. The minimum absolute atomic E-state index is 0.681. The molecule has 0 aromatic heterocycles. The van der Waals surface area contributed by atoms with E-state index in [1.54, 1.807) is 14.2 Å². The highest BCUT2D eigenvalue weighted by Gasteiger charge is 2.27. The molecule has 0 spiro atoms. The zero-order valence-electron chi connectivity index (χ0n) is 9.62. The maximum atomic E-state index is 5.40. The summed E-state index contributed by atoms with van der Waals surface area (Å²) in [5.41, 5.74) is 2.23. The summed E-state index contributed by atoms with van der Waals surface area (Å²) in [6, 6.07) is 8.07. The predicted molar refractivity (Wildman–Crippen MR) is 61.7 cm³/mol. The fourth-order valence-corrected chi connectivity index (χ4v) is 1.60. The van der Waals surface area contributed by atoms with Crippen LogP contribution in [0.1, 0.15) is 18.1 Å². The lowest BCUT2D eigenvalue weighted by Crippen LogP contribution is -2.27. The van der Waals surface area contributed by atoms with Crippen molar-refractivity contribution in [3.05, 3.63) is 48.0 Å². The Morgan fingerprint density at radius 1 is 1.27 bits per heavy atom. The summed E-state index contributed by atoms with van der Waals surface area (Å²) in [7, 11) is 3.29. The molecular formula is C13H18O2. The third-order valence-corrected chi connectivity index (χ3v) is 2.65. The van der Waals surface area contributed by atoms with Gasteiger partial charge in [0, 0.05) is 19.8 Å². The smallest absolute Gasteiger partial charge is 0.191 e. The summed E-state index contributed by atoms with van der Waals surface area (Å²) in [6.45, 7) is 5.66. The van der Waals surface area contributed by atoms with Crippen molar-refractivity contribution in [2.24, 2.45) is 0 Å². The van der Waals surface area contributed by atoms with Gasteiger partial charge in [0.1, 0.15) is 0 Å². The molecule has 0 fully saturated rings. The van der Waals surface area contributed by atoms with Gasteiger partial charge in [-0.05, 0) is 18.9 Å². The molecule has 0 atom stereocenters. The molecule has 82 valence electrons. The molecule has 1 aromatic carbocycles. The lowest BCUT2D eigenvalue weighted by molar-refractivity contribution is -0.202. The number of allylic oxidation sites excluding steroid dienone is 1. The van der Waals surface area contributed by atoms with Gasteiger partial charge in [0.2, 0.25) is 0 Å². The standard InChI is InChI=1S/C13H18O2/c1-5-8-11-9-6-7-10-12(11)13(2,14-3)15-4/h5-7,9-10H,1,8H2,2-4H3. The molecule has 0 radical (unpaired) electrons. The highest BCUT2D eigenvalue weighted by atomic mass is 16.7. The van der Waals surface area contributed by atoms with E-state index in [2.05, 4.69) is 12.6 Å². The number of ether oxygens (including phenoxy) is 2. The molecule has 0 bridgehead atoms. The van der Waals surface area contributed by atoms with Gasteiger partial charge in [-0.15, -0.1) is 6.58 Å². The van der Waals surface area contributed by atoms with Crippen LogP contribution in [0.15, 0.2) is 36.9 Å². The summed E-state index contributed by atoms with van der Waals surface area (Å²) in [5.74, 6) is -0.681. The van der Waals surface area contributed by atoms with Crippen LogP contribution >= 0.6 is 0 Å². The van der Waals surface area contributed by atoms with Crippen LogP contribution in [0.4, 0.5) is 0 Å². The van der Waals surface area contributed by atoms with Crippen molar-refractivity contribution in [3.8, 4) is 0 Å². The monoisotopic (exact) mass is 206 g/mol. The summed E-state index contributed by atoms with van der Waals surface area (Å²) in [5, 5.41) is 0. The minimum atomic E-state index is -0.681. The number of rotatable bonds is 5. The molecule has 0 saturated carbocycles. The van der Waals surface area contributed by atoms with Gasteiger partial charge < -0.3 is 9.47 Å². The average molecular weight is 206 g/mol. The first-order valence-electron chi connectivity index (χ1n) is 4.97. The number of hydrogen-bond acceptors (Lipinski definition) is 2. The van der Waals surface area contributed by atoms with Crippen molar-refractivity contribution in [2.75, 3.05) is 14.2 Å². The zero-order chi connectivity index (χ0) is 11.3. The Labute approximate surface area is 91.5 Å². The van der Waals surface area contributed by atoms with E-state index >= 15 is 0 Å². The Morgan fingerprint density at radius 3 is 2.40 bits per heavy atom. The molecule has 1 aromatic rings. The van der Waals surface area contributed by atoms with Gasteiger partial charge in [0.25, 0.3) is 0 Å². The van der Waals surface area contributed by atoms with Gasteiger partial charge in [-0.1, -0.05) is 30.3 Å². The fourth-order valence-electron chi connectivity index (χ4n) is 1.60. The average Bonchev–Trinajstić information content (AvgIpc) is 2.29. The predicted octanol–water partition coefficient (Wildman–Crippen LogP) is 2.88. The molecule has 0 N–H and O–H groups in total. The van der Waals surface area contributed by atoms with Gasteiger partial charge in [0.15, 0.2) is 5.79 Å². The molecule has 0 aliphatic carbocycles.